The number of rotatable bonds is 13. The van der Waals surface area contributed by atoms with Gasteiger partial charge < -0.3 is 19.5 Å². The Morgan fingerprint density at radius 3 is 2.32 bits per heavy atom. The third kappa shape index (κ3) is 9.21. The number of carbonyl (C=O) groups is 1. The van der Waals surface area contributed by atoms with Crippen LogP contribution in [0.5, 0.6) is 17.2 Å². The standard InChI is InChI=1S/C23H30Cl2N2O6S/c1-15(2)22(27-34(4,29)30)23(28)26-10-9-16-5-8-20(21(13-16)31-3)33-12-11-32-17-6-7-18(24)19(25)14-17/h5-8,13-15,22,27H,9-12H2,1-4H3,(H,26,28)/t22-/m0/s1. The van der Waals surface area contributed by atoms with Crippen LogP contribution in [0.25, 0.3) is 0 Å². The van der Waals surface area contributed by atoms with Crippen LogP contribution < -0.4 is 24.2 Å². The molecule has 2 rings (SSSR count). The molecule has 0 aromatic heterocycles. The second-order valence-electron chi connectivity index (χ2n) is 7.91. The van der Waals surface area contributed by atoms with Crippen molar-refractivity contribution in [3.63, 3.8) is 0 Å². The lowest BCUT2D eigenvalue weighted by molar-refractivity contribution is -0.123. The topological polar surface area (TPSA) is 103 Å². The number of amides is 1. The van der Waals surface area contributed by atoms with E-state index in [9.17, 15) is 13.2 Å². The lowest BCUT2D eigenvalue weighted by Gasteiger charge is -2.20. The summed E-state index contributed by atoms with van der Waals surface area (Å²) in [4.78, 5) is 12.4. The van der Waals surface area contributed by atoms with Crippen molar-refractivity contribution in [1.82, 2.24) is 10.0 Å². The summed E-state index contributed by atoms with van der Waals surface area (Å²) in [7, 11) is -1.95. The van der Waals surface area contributed by atoms with Crippen molar-refractivity contribution >= 4 is 39.1 Å². The average Bonchev–Trinajstić information content (AvgIpc) is 2.77. The van der Waals surface area contributed by atoms with Crippen molar-refractivity contribution in [2.24, 2.45) is 5.92 Å². The number of benzene rings is 2. The fraction of sp³-hybridized carbons (Fsp3) is 0.435. The van der Waals surface area contributed by atoms with Gasteiger partial charge in [-0.15, -0.1) is 0 Å². The molecular weight excluding hydrogens is 503 g/mol. The molecule has 0 spiro atoms. The first kappa shape index (κ1) is 28.0. The van der Waals surface area contributed by atoms with Crippen molar-refractivity contribution in [3.05, 3.63) is 52.0 Å². The van der Waals surface area contributed by atoms with E-state index in [0.29, 0.717) is 46.9 Å². The summed E-state index contributed by atoms with van der Waals surface area (Å²) in [6, 6.07) is 9.69. The minimum atomic E-state index is -3.50. The maximum absolute atomic E-state index is 12.4. The van der Waals surface area contributed by atoms with Crippen molar-refractivity contribution in [2.75, 3.05) is 33.1 Å². The number of carbonyl (C=O) groups excluding carboxylic acids is 1. The van der Waals surface area contributed by atoms with Crippen molar-refractivity contribution < 1.29 is 27.4 Å². The Bertz CT molecular complexity index is 1080. The van der Waals surface area contributed by atoms with E-state index in [1.54, 1.807) is 45.2 Å². The molecule has 8 nitrogen and oxygen atoms in total. The number of halogens is 2. The molecule has 0 radical (unpaired) electrons. The highest BCUT2D eigenvalue weighted by Crippen LogP contribution is 2.29. The number of nitrogens with one attached hydrogen (secondary N) is 2. The minimum Gasteiger partial charge on any atom is -0.493 e. The van der Waals surface area contributed by atoms with Crippen molar-refractivity contribution in [3.8, 4) is 17.2 Å². The summed E-state index contributed by atoms with van der Waals surface area (Å²) >= 11 is 11.9. The largest absolute Gasteiger partial charge is 0.493 e. The van der Waals surface area contributed by atoms with Crippen LogP contribution in [0.2, 0.25) is 10.0 Å². The van der Waals surface area contributed by atoms with E-state index in [1.165, 1.54) is 0 Å². The molecule has 2 N–H and O–H groups in total. The molecule has 11 heteroatoms. The van der Waals surface area contributed by atoms with Crippen LogP contribution in [0.3, 0.4) is 0 Å². The maximum atomic E-state index is 12.4. The van der Waals surface area contributed by atoms with E-state index >= 15 is 0 Å². The van der Waals surface area contributed by atoms with E-state index in [-0.39, 0.29) is 18.4 Å². The quantitative estimate of drug-likeness (QED) is 0.381. The van der Waals surface area contributed by atoms with E-state index < -0.39 is 16.1 Å². The third-order valence-electron chi connectivity index (χ3n) is 4.73. The smallest absolute Gasteiger partial charge is 0.238 e. The zero-order chi connectivity index (χ0) is 25.3. The highest BCUT2D eigenvalue weighted by atomic mass is 35.5. The highest BCUT2D eigenvalue weighted by molar-refractivity contribution is 7.88. The number of ether oxygens (including phenoxy) is 3. The molecule has 2 aromatic rings. The second kappa shape index (κ2) is 13.0. The molecule has 0 heterocycles. The summed E-state index contributed by atoms with van der Waals surface area (Å²) in [5.41, 5.74) is 0.925. The van der Waals surface area contributed by atoms with Crippen LogP contribution in [0, 0.1) is 5.92 Å². The summed E-state index contributed by atoms with van der Waals surface area (Å²) in [6.07, 6.45) is 1.57. The molecule has 0 saturated carbocycles. The van der Waals surface area contributed by atoms with Crippen molar-refractivity contribution in [1.29, 1.82) is 0 Å². The Balaban J connectivity index is 1.85. The number of hydrogen-bond donors (Lipinski definition) is 2. The first-order valence-electron chi connectivity index (χ1n) is 10.6. The highest BCUT2D eigenvalue weighted by Gasteiger charge is 2.25. The fourth-order valence-electron chi connectivity index (χ4n) is 3.03. The lowest BCUT2D eigenvalue weighted by Crippen LogP contribution is -2.49. The predicted molar refractivity (Wildman–Crippen MR) is 134 cm³/mol. The molecule has 2 aromatic carbocycles. The third-order valence-corrected chi connectivity index (χ3v) is 6.15. The van der Waals surface area contributed by atoms with Gasteiger partial charge in [-0.3, -0.25) is 4.79 Å². The monoisotopic (exact) mass is 532 g/mol. The predicted octanol–water partition coefficient (Wildman–Crippen LogP) is 3.69. The zero-order valence-corrected chi connectivity index (χ0v) is 21.9. The van der Waals surface area contributed by atoms with Gasteiger partial charge in [0.05, 0.1) is 23.4 Å². The van der Waals surface area contributed by atoms with Gasteiger partial charge in [0.1, 0.15) is 25.0 Å². The Hall–Kier alpha value is -2.20. The average molecular weight is 533 g/mol. The SMILES string of the molecule is COc1cc(CCNC(=O)[C@@H](NS(C)(=O)=O)C(C)C)ccc1OCCOc1ccc(Cl)c(Cl)c1. The normalized spacial score (nSPS) is 12.3. The molecule has 1 amide bonds. The van der Waals surface area contributed by atoms with E-state index in [0.717, 1.165) is 11.8 Å². The van der Waals surface area contributed by atoms with E-state index in [2.05, 4.69) is 10.0 Å². The molecule has 0 fully saturated rings. The number of methoxy groups -OCH3 is 1. The summed E-state index contributed by atoms with van der Waals surface area (Å²) < 4.78 is 42.2. The molecule has 0 unspecified atom stereocenters. The van der Waals surface area contributed by atoms with E-state index in [4.69, 9.17) is 37.4 Å². The molecule has 0 aliphatic carbocycles. The Kier molecular flexibility index (Phi) is 10.8. The number of hydrogen-bond acceptors (Lipinski definition) is 6. The molecule has 0 aliphatic rings. The van der Waals surface area contributed by atoms with Crippen LogP contribution in [-0.2, 0) is 21.2 Å². The van der Waals surface area contributed by atoms with Crippen LogP contribution in [0.4, 0.5) is 0 Å². The Labute approximate surface area is 210 Å². The molecule has 188 valence electrons. The van der Waals surface area contributed by atoms with Gasteiger partial charge in [0, 0.05) is 12.6 Å². The van der Waals surface area contributed by atoms with Gasteiger partial charge in [0.2, 0.25) is 15.9 Å². The second-order valence-corrected chi connectivity index (χ2v) is 10.5. The molecule has 0 bridgehead atoms. The van der Waals surface area contributed by atoms with Gasteiger partial charge in [0.15, 0.2) is 11.5 Å². The lowest BCUT2D eigenvalue weighted by atomic mass is 10.0. The van der Waals surface area contributed by atoms with Crippen LogP contribution in [0.1, 0.15) is 19.4 Å². The van der Waals surface area contributed by atoms with Crippen LogP contribution in [0.15, 0.2) is 36.4 Å². The maximum Gasteiger partial charge on any atom is 0.238 e. The molecule has 0 aliphatic heterocycles. The first-order valence-corrected chi connectivity index (χ1v) is 13.3. The van der Waals surface area contributed by atoms with Gasteiger partial charge in [-0.1, -0.05) is 43.1 Å². The van der Waals surface area contributed by atoms with Crippen LogP contribution in [-0.4, -0.2) is 53.5 Å². The molecular formula is C23H30Cl2N2O6S. The molecule has 34 heavy (non-hydrogen) atoms. The zero-order valence-electron chi connectivity index (χ0n) is 19.6. The van der Waals surface area contributed by atoms with Gasteiger partial charge in [-0.25, -0.2) is 13.1 Å². The van der Waals surface area contributed by atoms with Gasteiger partial charge >= 0.3 is 0 Å². The molecule has 1 atom stereocenters. The summed E-state index contributed by atoms with van der Waals surface area (Å²) in [5, 5.41) is 3.65. The Morgan fingerprint density at radius 2 is 1.71 bits per heavy atom. The van der Waals surface area contributed by atoms with E-state index in [1.807, 2.05) is 12.1 Å². The van der Waals surface area contributed by atoms with Gasteiger partial charge in [-0.05, 0) is 42.2 Å². The van der Waals surface area contributed by atoms with Crippen molar-refractivity contribution in [2.45, 2.75) is 26.3 Å². The first-order chi connectivity index (χ1) is 16.0. The Morgan fingerprint density at radius 1 is 1.00 bits per heavy atom. The minimum absolute atomic E-state index is 0.188. The summed E-state index contributed by atoms with van der Waals surface area (Å²) in [6.45, 7) is 4.49. The van der Waals surface area contributed by atoms with Gasteiger partial charge in [-0.2, -0.15) is 0 Å². The molecule has 0 saturated heterocycles. The summed E-state index contributed by atoms with van der Waals surface area (Å²) in [5.74, 6) is 1.15. The fourth-order valence-corrected chi connectivity index (χ4v) is 4.16. The van der Waals surface area contributed by atoms with Crippen LogP contribution >= 0.6 is 23.2 Å². The van der Waals surface area contributed by atoms with Gasteiger partial charge in [0.25, 0.3) is 0 Å². The number of sulfonamides is 1.